The Morgan fingerprint density at radius 1 is 1.03 bits per heavy atom. The summed E-state index contributed by atoms with van der Waals surface area (Å²) in [4.78, 5) is 17.8. The molecular formula is C30H29BrN4O4. The van der Waals surface area contributed by atoms with Gasteiger partial charge in [-0.1, -0.05) is 54.6 Å². The van der Waals surface area contributed by atoms with Crippen LogP contribution in [0.4, 0.5) is 5.95 Å². The van der Waals surface area contributed by atoms with Gasteiger partial charge in [0.25, 0.3) is 0 Å². The maximum Gasteiger partial charge on any atom is 0.338 e. The third-order valence-electron chi connectivity index (χ3n) is 6.51. The second-order valence-electron chi connectivity index (χ2n) is 9.13. The minimum atomic E-state index is -0.590. The van der Waals surface area contributed by atoms with Gasteiger partial charge >= 0.3 is 5.97 Å². The van der Waals surface area contributed by atoms with E-state index < -0.39 is 12.0 Å². The SMILES string of the molecule is CCOc1cc(C2C(C(=O)OCc3ccccc3)=C(C)Nc3ncnn32)cc(Br)c1OCc1ccccc1C. The van der Waals surface area contributed by atoms with E-state index in [4.69, 9.17) is 14.2 Å². The number of carbonyl (C=O) groups excluding carboxylic acids is 1. The predicted molar refractivity (Wildman–Crippen MR) is 152 cm³/mol. The van der Waals surface area contributed by atoms with Crippen molar-refractivity contribution in [3.05, 3.63) is 111 Å². The van der Waals surface area contributed by atoms with E-state index in [1.165, 1.54) is 6.33 Å². The smallest absolute Gasteiger partial charge is 0.338 e. The van der Waals surface area contributed by atoms with Crippen molar-refractivity contribution in [1.29, 1.82) is 0 Å². The zero-order valence-electron chi connectivity index (χ0n) is 22.0. The summed E-state index contributed by atoms with van der Waals surface area (Å²) in [6, 6.07) is 20.9. The highest BCUT2D eigenvalue weighted by atomic mass is 79.9. The zero-order chi connectivity index (χ0) is 27.4. The molecule has 0 radical (unpaired) electrons. The fraction of sp³-hybridized carbons (Fsp3) is 0.233. The maximum absolute atomic E-state index is 13.5. The molecule has 1 aliphatic heterocycles. The predicted octanol–water partition coefficient (Wildman–Crippen LogP) is 6.36. The van der Waals surface area contributed by atoms with Crippen molar-refractivity contribution >= 4 is 27.8 Å². The van der Waals surface area contributed by atoms with Crippen molar-refractivity contribution in [3.8, 4) is 11.5 Å². The molecule has 2 heterocycles. The van der Waals surface area contributed by atoms with Gasteiger partial charge in [-0.25, -0.2) is 9.48 Å². The number of nitrogens with one attached hydrogen (secondary N) is 1. The molecule has 4 aromatic rings. The molecule has 3 aromatic carbocycles. The van der Waals surface area contributed by atoms with Gasteiger partial charge in [0.2, 0.25) is 5.95 Å². The molecule has 1 N–H and O–H groups in total. The van der Waals surface area contributed by atoms with Crippen molar-refractivity contribution in [3.63, 3.8) is 0 Å². The number of aromatic nitrogens is 3. The van der Waals surface area contributed by atoms with Crippen LogP contribution in [0.15, 0.2) is 88.8 Å². The van der Waals surface area contributed by atoms with Crippen LogP contribution in [0.5, 0.6) is 11.5 Å². The van der Waals surface area contributed by atoms with Crippen LogP contribution in [0.1, 0.15) is 42.1 Å². The molecule has 1 aromatic heterocycles. The van der Waals surface area contributed by atoms with E-state index in [2.05, 4.69) is 44.3 Å². The number of nitrogens with zero attached hydrogens (tertiary/aromatic N) is 3. The molecule has 39 heavy (non-hydrogen) atoms. The molecule has 0 aliphatic carbocycles. The highest BCUT2D eigenvalue weighted by Crippen LogP contribution is 2.43. The number of carbonyl (C=O) groups is 1. The van der Waals surface area contributed by atoms with Crippen LogP contribution in [0.25, 0.3) is 0 Å². The average molecular weight is 589 g/mol. The number of aryl methyl sites for hydroxylation is 1. The Morgan fingerprint density at radius 3 is 2.56 bits per heavy atom. The summed E-state index contributed by atoms with van der Waals surface area (Å²) in [5.41, 5.74) is 4.99. The van der Waals surface area contributed by atoms with Gasteiger partial charge in [-0.3, -0.25) is 0 Å². The van der Waals surface area contributed by atoms with Crippen molar-refractivity contribution in [2.24, 2.45) is 0 Å². The largest absolute Gasteiger partial charge is 0.490 e. The fourth-order valence-electron chi connectivity index (χ4n) is 4.54. The van der Waals surface area contributed by atoms with Crippen LogP contribution >= 0.6 is 15.9 Å². The monoisotopic (exact) mass is 588 g/mol. The third-order valence-corrected chi connectivity index (χ3v) is 7.10. The Labute approximate surface area is 235 Å². The van der Waals surface area contributed by atoms with E-state index in [0.717, 1.165) is 22.3 Å². The molecule has 0 bridgehead atoms. The van der Waals surface area contributed by atoms with Crippen LogP contribution in [-0.4, -0.2) is 27.3 Å². The molecule has 0 saturated heterocycles. The van der Waals surface area contributed by atoms with E-state index >= 15 is 0 Å². The Kier molecular flexibility index (Phi) is 7.97. The molecule has 1 unspecified atom stereocenters. The number of anilines is 1. The number of halogens is 1. The number of allylic oxidation sites excluding steroid dienone is 1. The van der Waals surface area contributed by atoms with Gasteiger partial charge in [-0.2, -0.15) is 10.1 Å². The van der Waals surface area contributed by atoms with Gasteiger partial charge in [0.15, 0.2) is 11.5 Å². The van der Waals surface area contributed by atoms with Crippen LogP contribution in [0, 0.1) is 6.92 Å². The summed E-state index contributed by atoms with van der Waals surface area (Å²) in [6.07, 6.45) is 1.46. The van der Waals surface area contributed by atoms with E-state index in [0.29, 0.717) is 46.4 Å². The first-order valence-corrected chi connectivity index (χ1v) is 13.5. The topological polar surface area (TPSA) is 87.5 Å². The number of hydrogen-bond donors (Lipinski definition) is 1. The summed E-state index contributed by atoms with van der Waals surface area (Å²) in [7, 11) is 0. The fourth-order valence-corrected chi connectivity index (χ4v) is 5.11. The molecule has 0 saturated carbocycles. The molecule has 0 amide bonds. The highest BCUT2D eigenvalue weighted by molar-refractivity contribution is 9.10. The second-order valence-corrected chi connectivity index (χ2v) is 9.99. The lowest BCUT2D eigenvalue weighted by Gasteiger charge is -2.29. The molecule has 5 rings (SSSR count). The first kappa shape index (κ1) is 26.5. The lowest BCUT2D eigenvalue weighted by Crippen LogP contribution is -2.29. The lowest BCUT2D eigenvalue weighted by atomic mass is 9.95. The Hall–Kier alpha value is -4.11. The molecule has 8 nitrogen and oxygen atoms in total. The van der Waals surface area contributed by atoms with Crippen LogP contribution in [0.3, 0.4) is 0 Å². The molecule has 0 fully saturated rings. The van der Waals surface area contributed by atoms with Crippen molar-refractivity contribution in [2.75, 3.05) is 11.9 Å². The summed E-state index contributed by atoms with van der Waals surface area (Å²) in [5, 5.41) is 7.61. The molecule has 0 spiro atoms. The van der Waals surface area contributed by atoms with Crippen molar-refractivity contribution in [1.82, 2.24) is 14.8 Å². The average Bonchev–Trinajstić information content (AvgIpc) is 3.40. The van der Waals surface area contributed by atoms with E-state index in [9.17, 15) is 4.79 Å². The van der Waals surface area contributed by atoms with Crippen molar-refractivity contribution < 1.29 is 19.0 Å². The van der Waals surface area contributed by atoms with Crippen LogP contribution in [0.2, 0.25) is 0 Å². The van der Waals surface area contributed by atoms with Gasteiger partial charge in [0, 0.05) is 5.70 Å². The summed E-state index contributed by atoms with van der Waals surface area (Å²) >= 11 is 3.69. The zero-order valence-corrected chi connectivity index (χ0v) is 23.6. The minimum Gasteiger partial charge on any atom is -0.490 e. The van der Waals surface area contributed by atoms with Crippen LogP contribution in [-0.2, 0) is 22.7 Å². The quantitative estimate of drug-likeness (QED) is 0.228. The van der Waals surface area contributed by atoms with Crippen LogP contribution < -0.4 is 14.8 Å². The molecule has 9 heteroatoms. The molecule has 1 aliphatic rings. The number of ether oxygens (including phenoxy) is 3. The Bertz CT molecular complexity index is 1520. The van der Waals surface area contributed by atoms with Gasteiger partial charge < -0.3 is 19.5 Å². The summed E-state index contributed by atoms with van der Waals surface area (Å²) < 4.78 is 20.4. The molecule has 1 atom stereocenters. The first-order chi connectivity index (χ1) is 19.0. The third kappa shape index (κ3) is 5.68. The normalized spacial score (nSPS) is 14.4. The van der Waals surface area contributed by atoms with E-state index in [1.54, 1.807) is 4.68 Å². The standard InChI is InChI=1S/C30H29BrN4O4/c1-4-37-25-15-23(14-24(31)28(25)38-17-22-13-9-8-10-19(22)2)27-26(20(3)34-30-32-18-33-35(27)30)29(36)39-16-21-11-6-5-7-12-21/h5-15,18,27H,4,16-17H2,1-3H3,(H,32,33,34). The minimum absolute atomic E-state index is 0.160. The number of rotatable bonds is 9. The van der Waals surface area contributed by atoms with Gasteiger partial charge in [0.05, 0.1) is 16.7 Å². The maximum atomic E-state index is 13.5. The highest BCUT2D eigenvalue weighted by Gasteiger charge is 2.35. The lowest BCUT2D eigenvalue weighted by molar-refractivity contribution is -0.140. The number of fused-ring (bicyclic) bond motifs is 1. The number of esters is 1. The van der Waals surface area contributed by atoms with Gasteiger partial charge in [-0.05, 0) is 71.1 Å². The molecule has 200 valence electrons. The Balaban J connectivity index is 1.50. The summed E-state index contributed by atoms with van der Waals surface area (Å²) in [5.74, 6) is 1.24. The van der Waals surface area contributed by atoms with Gasteiger partial charge in [0.1, 0.15) is 25.6 Å². The Morgan fingerprint density at radius 2 is 1.79 bits per heavy atom. The van der Waals surface area contributed by atoms with Gasteiger partial charge in [-0.15, -0.1) is 0 Å². The first-order valence-electron chi connectivity index (χ1n) is 12.7. The van der Waals surface area contributed by atoms with Crippen molar-refractivity contribution in [2.45, 2.75) is 40.0 Å². The second kappa shape index (κ2) is 11.7. The number of hydrogen-bond acceptors (Lipinski definition) is 7. The number of benzene rings is 3. The summed E-state index contributed by atoms with van der Waals surface area (Å²) in [6.45, 7) is 6.80. The molecular weight excluding hydrogens is 560 g/mol. The van der Waals surface area contributed by atoms with E-state index in [-0.39, 0.29) is 6.61 Å². The van der Waals surface area contributed by atoms with E-state index in [1.807, 2.05) is 74.5 Å².